The molecule has 0 aliphatic carbocycles. The molecule has 1 saturated heterocycles. The molecule has 1 N–H and O–H groups in total. The molecule has 23 heavy (non-hydrogen) atoms. The first-order valence-electron chi connectivity index (χ1n) is 7.91. The van der Waals surface area contributed by atoms with Gasteiger partial charge >= 0.3 is 0 Å². The summed E-state index contributed by atoms with van der Waals surface area (Å²) >= 11 is 0. The van der Waals surface area contributed by atoms with Crippen LogP contribution >= 0.6 is 0 Å². The van der Waals surface area contributed by atoms with E-state index in [1.807, 2.05) is 60.7 Å². The molecule has 0 spiro atoms. The van der Waals surface area contributed by atoms with Crippen LogP contribution in [0, 0.1) is 0 Å². The average molecular weight is 308 g/mol. The third-order valence-electron chi connectivity index (χ3n) is 4.08. The van der Waals surface area contributed by atoms with Gasteiger partial charge in [0.25, 0.3) is 0 Å². The Hall–Kier alpha value is -2.62. The summed E-state index contributed by atoms with van der Waals surface area (Å²) in [5.74, 6) is -0.0610. The van der Waals surface area contributed by atoms with Crippen LogP contribution in [0.2, 0.25) is 0 Å². The van der Waals surface area contributed by atoms with Gasteiger partial charge in [-0.25, -0.2) is 0 Å². The first-order valence-corrected chi connectivity index (χ1v) is 7.91. The Morgan fingerprint density at radius 2 is 1.57 bits per heavy atom. The second-order valence-electron chi connectivity index (χ2n) is 5.74. The summed E-state index contributed by atoms with van der Waals surface area (Å²) in [6, 6.07) is 19.5. The van der Waals surface area contributed by atoms with Crippen LogP contribution in [-0.4, -0.2) is 29.8 Å². The first-order chi connectivity index (χ1) is 11.2. The van der Waals surface area contributed by atoms with Crippen molar-refractivity contribution in [1.29, 1.82) is 0 Å². The largest absolute Gasteiger partial charge is 0.344 e. The molecule has 1 aliphatic heterocycles. The number of amides is 2. The Balaban J connectivity index is 1.76. The fraction of sp³-hybridized carbons (Fsp3) is 0.263. The van der Waals surface area contributed by atoms with Crippen LogP contribution in [-0.2, 0) is 9.59 Å². The Kier molecular flexibility index (Phi) is 4.71. The third-order valence-corrected chi connectivity index (χ3v) is 4.08. The zero-order valence-corrected chi connectivity index (χ0v) is 12.9. The van der Waals surface area contributed by atoms with Crippen LogP contribution in [0.3, 0.4) is 0 Å². The summed E-state index contributed by atoms with van der Waals surface area (Å²) in [5, 5.41) is 3.06. The predicted octanol–water partition coefficient (Wildman–Crippen LogP) is 2.51. The van der Waals surface area contributed by atoms with E-state index < -0.39 is 0 Å². The van der Waals surface area contributed by atoms with E-state index in [4.69, 9.17) is 0 Å². The van der Waals surface area contributed by atoms with Crippen LogP contribution < -0.4 is 5.32 Å². The number of nitrogens with zero attached hydrogens (tertiary/aromatic N) is 1. The van der Waals surface area contributed by atoms with Crippen molar-refractivity contribution >= 4 is 11.8 Å². The number of benzene rings is 2. The molecule has 0 unspecified atom stereocenters. The maximum absolute atomic E-state index is 12.4. The highest BCUT2D eigenvalue weighted by atomic mass is 16.2. The lowest BCUT2D eigenvalue weighted by atomic mass is 9.99. The molecule has 0 bridgehead atoms. The summed E-state index contributed by atoms with van der Waals surface area (Å²) in [4.78, 5) is 25.7. The van der Waals surface area contributed by atoms with E-state index in [-0.39, 0.29) is 24.4 Å². The van der Waals surface area contributed by atoms with Gasteiger partial charge in [-0.05, 0) is 17.5 Å². The molecule has 1 aliphatic rings. The van der Waals surface area contributed by atoms with Gasteiger partial charge in [0, 0.05) is 13.0 Å². The van der Waals surface area contributed by atoms with Crippen molar-refractivity contribution in [3.63, 3.8) is 0 Å². The fourth-order valence-electron chi connectivity index (χ4n) is 2.90. The highest BCUT2D eigenvalue weighted by Crippen LogP contribution is 2.21. The van der Waals surface area contributed by atoms with E-state index in [9.17, 15) is 9.59 Å². The molecule has 118 valence electrons. The lowest BCUT2D eigenvalue weighted by Crippen LogP contribution is -2.39. The molecule has 2 aromatic carbocycles. The van der Waals surface area contributed by atoms with Gasteiger partial charge < -0.3 is 10.2 Å². The van der Waals surface area contributed by atoms with Gasteiger partial charge in [0.05, 0.1) is 12.6 Å². The summed E-state index contributed by atoms with van der Waals surface area (Å²) in [6.45, 7) is 0.808. The number of likely N-dealkylation sites (tertiary alicyclic amines) is 1. The number of carbonyl (C=O) groups is 2. The van der Waals surface area contributed by atoms with Crippen LogP contribution in [0.5, 0.6) is 0 Å². The number of hydrogen-bond donors (Lipinski definition) is 1. The number of hydrogen-bond acceptors (Lipinski definition) is 2. The van der Waals surface area contributed by atoms with Crippen molar-refractivity contribution in [2.45, 2.75) is 18.9 Å². The number of rotatable bonds is 5. The third kappa shape index (κ3) is 3.77. The van der Waals surface area contributed by atoms with E-state index >= 15 is 0 Å². The van der Waals surface area contributed by atoms with Gasteiger partial charge in [-0.1, -0.05) is 60.7 Å². The zero-order valence-electron chi connectivity index (χ0n) is 12.9. The van der Waals surface area contributed by atoms with E-state index in [0.717, 1.165) is 17.5 Å². The standard InChI is InChI=1S/C19H20N2O2/c22-17(14-21-13-7-12-18(21)23)20-19(15-8-3-1-4-9-15)16-10-5-2-6-11-16/h1-6,8-11,19H,7,12-14H2,(H,20,22). The average Bonchev–Trinajstić information content (AvgIpc) is 2.99. The van der Waals surface area contributed by atoms with Crippen molar-refractivity contribution in [3.05, 3.63) is 71.8 Å². The van der Waals surface area contributed by atoms with Gasteiger partial charge in [-0.15, -0.1) is 0 Å². The Labute approximate surface area is 136 Å². The SMILES string of the molecule is O=C(CN1CCCC1=O)NC(c1ccccc1)c1ccccc1. The normalized spacial score (nSPS) is 14.3. The fourth-order valence-corrected chi connectivity index (χ4v) is 2.90. The van der Waals surface area contributed by atoms with Gasteiger partial charge in [0.2, 0.25) is 11.8 Å². The number of nitrogens with one attached hydrogen (secondary N) is 1. The molecular formula is C19H20N2O2. The van der Waals surface area contributed by atoms with Crippen LogP contribution in [0.15, 0.2) is 60.7 Å². The molecule has 4 nitrogen and oxygen atoms in total. The van der Waals surface area contributed by atoms with Crippen LogP contribution in [0.1, 0.15) is 30.0 Å². The van der Waals surface area contributed by atoms with Gasteiger partial charge in [-0.3, -0.25) is 9.59 Å². The molecule has 1 fully saturated rings. The topological polar surface area (TPSA) is 49.4 Å². The second kappa shape index (κ2) is 7.09. The van der Waals surface area contributed by atoms with Crippen molar-refractivity contribution in [2.75, 3.05) is 13.1 Å². The highest BCUT2D eigenvalue weighted by molar-refractivity contribution is 5.86. The van der Waals surface area contributed by atoms with Crippen molar-refractivity contribution in [2.24, 2.45) is 0 Å². The molecular weight excluding hydrogens is 288 g/mol. The lowest BCUT2D eigenvalue weighted by molar-refractivity contribution is -0.133. The Bertz CT molecular complexity index is 631. The molecule has 1 heterocycles. The van der Waals surface area contributed by atoms with E-state index in [2.05, 4.69) is 5.32 Å². The maximum Gasteiger partial charge on any atom is 0.240 e. The highest BCUT2D eigenvalue weighted by Gasteiger charge is 2.24. The Morgan fingerprint density at radius 3 is 2.04 bits per heavy atom. The minimum Gasteiger partial charge on any atom is -0.344 e. The summed E-state index contributed by atoms with van der Waals surface area (Å²) in [5.41, 5.74) is 2.06. The lowest BCUT2D eigenvalue weighted by Gasteiger charge is -2.22. The quantitative estimate of drug-likeness (QED) is 0.922. The summed E-state index contributed by atoms with van der Waals surface area (Å²) in [7, 11) is 0. The van der Waals surface area contributed by atoms with Crippen molar-refractivity contribution in [1.82, 2.24) is 10.2 Å². The van der Waals surface area contributed by atoms with Crippen LogP contribution in [0.25, 0.3) is 0 Å². The number of carbonyl (C=O) groups excluding carboxylic acids is 2. The molecule has 0 radical (unpaired) electrons. The molecule has 3 rings (SSSR count). The Morgan fingerprint density at radius 1 is 1.00 bits per heavy atom. The predicted molar refractivity (Wildman–Crippen MR) is 88.7 cm³/mol. The molecule has 2 amide bonds. The summed E-state index contributed by atoms with van der Waals surface area (Å²) in [6.07, 6.45) is 1.39. The second-order valence-corrected chi connectivity index (χ2v) is 5.74. The van der Waals surface area contributed by atoms with Crippen molar-refractivity contribution < 1.29 is 9.59 Å². The molecule has 0 atom stereocenters. The van der Waals surface area contributed by atoms with Crippen LogP contribution in [0.4, 0.5) is 0 Å². The molecule has 0 aromatic heterocycles. The monoisotopic (exact) mass is 308 g/mol. The van der Waals surface area contributed by atoms with Gasteiger partial charge in [0.15, 0.2) is 0 Å². The smallest absolute Gasteiger partial charge is 0.240 e. The van der Waals surface area contributed by atoms with Gasteiger partial charge in [-0.2, -0.15) is 0 Å². The zero-order chi connectivity index (χ0) is 16.1. The molecule has 4 heteroatoms. The molecule has 0 saturated carbocycles. The molecule has 2 aromatic rings. The van der Waals surface area contributed by atoms with E-state index in [0.29, 0.717) is 13.0 Å². The van der Waals surface area contributed by atoms with Crippen molar-refractivity contribution in [3.8, 4) is 0 Å². The van der Waals surface area contributed by atoms with E-state index in [1.165, 1.54) is 0 Å². The summed E-state index contributed by atoms with van der Waals surface area (Å²) < 4.78 is 0. The maximum atomic E-state index is 12.4. The van der Waals surface area contributed by atoms with Gasteiger partial charge in [0.1, 0.15) is 0 Å². The van der Waals surface area contributed by atoms with E-state index in [1.54, 1.807) is 4.90 Å². The minimum atomic E-state index is -0.206. The minimum absolute atomic E-state index is 0.0659. The first kappa shape index (κ1) is 15.3.